The average molecular weight is 450 g/mol. The topological polar surface area (TPSA) is 91.9 Å². The van der Waals surface area contributed by atoms with Gasteiger partial charge in [-0.1, -0.05) is 34.9 Å². The normalized spacial score (nSPS) is 15.0. The average Bonchev–Trinajstić information content (AvgIpc) is 3.42. The van der Waals surface area contributed by atoms with Crippen molar-refractivity contribution in [1.29, 1.82) is 0 Å². The first kappa shape index (κ1) is 20.1. The Labute approximate surface area is 189 Å². The molecule has 1 atom stereocenters. The SMILES string of the molecule is COc1ccc(C2=C[C@H](c3c(C)nn(-c4ccccc4)c3Cl)n3nnnc3N2)cc1OC. The van der Waals surface area contributed by atoms with E-state index in [4.69, 9.17) is 21.1 Å². The molecule has 10 heteroatoms. The van der Waals surface area contributed by atoms with E-state index in [1.807, 2.05) is 61.5 Å². The van der Waals surface area contributed by atoms with Crippen LogP contribution in [0.3, 0.4) is 0 Å². The molecule has 1 aliphatic rings. The lowest BCUT2D eigenvalue weighted by Gasteiger charge is -2.23. The van der Waals surface area contributed by atoms with Gasteiger partial charge in [0.1, 0.15) is 11.2 Å². The number of methoxy groups -OCH3 is 2. The Morgan fingerprint density at radius 3 is 2.56 bits per heavy atom. The van der Waals surface area contributed by atoms with Gasteiger partial charge in [-0.3, -0.25) is 0 Å². The second-order valence-electron chi connectivity index (χ2n) is 7.20. The fourth-order valence-corrected chi connectivity index (χ4v) is 4.20. The van der Waals surface area contributed by atoms with Crippen LogP contribution in [0.15, 0.2) is 54.6 Å². The van der Waals surface area contributed by atoms with Gasteiger partial charge < -0.3 is 14.8 Å². The van der Waals surface area contributed by atoms with E-state index in [0.717, 1.165) is 28.2 Å². The number of nitrogens with zero attached hydrogens (tertiary/aromatic N) is 6. The van der Waals surface area contributed by atoms with Crippen LogP contribution in [0.1, 0.15) is 22.9 Å². The summed E-state index contributed by atoms with van der Waals surface area (Å²) < 4.78 is 14.2. The highest BCUT2D eigenvalue weighted by Crippen LogP contribution is 2.38. The van der Waals surface area contributed by atoms with E-state index in [2.05, 4.69) is 25.9 Å². The summed E-state index contributed by atoms with van der Waals surface area (Å²) >= 11 is 6.84. The number of allylic oxidation sites excluding steroid dienone is 1. The van der Waals surface area contributed by atoms with Crippen LogP contribution >= 0.6 is 11.6 Å². The number of anilines is 1. The molecule has 162 valence electrons. The van der Waals surface area contributed by atoms with Gasteiger partial charge in [-0.05, 0) is 53.8 Å². The predicted molar refractivity (Wildman–Crippen MR) is 120 cm³/mol. The summed E-state index contributed by atoms with van der Waals surface area (Å²) in [7, 11) is 3.21. The quantitative estimate of drug-likeness (QED) is 0.494. The van der Waals surface area contributed by atoms with Crippen molar-refractivity contribution in [2.24, 2.45) is 0 Å². The Morgan fingerprint density at radius 2 is 1.81 bits per heavy atom. The maximum atomic E-state index is 6.84. The molecule has 32 heavy (non-hydrogen) atoms. The largest absolute Gasteiger partial charge is 0.493 e. The predicted octanol–water partition coefficient (Wildman–Crippen LogP) is 3.89. The monoisotopic (exact) mass is 449 g/mol. The van der Waals surface area contributed by atoms with Gasteiger partial charge in [0.2, 0.25) is 5.95 Å². The van der Waals surface area contributed by atoms with Crippen molar-refractivity contribution in [2.75, 3.05) is 19.5 Å². The minimum atomic E-state index is -0.352. The highest BCUT2D eigenvalue weighted by atomic mass is 35.5. The minimum absolute atomic E-state index is 0.352. The van der Waals surface area contributed by atoms with Crippen molar-refractivity contribution in [1.82, 2.24) is 30.0 Å². The zero-order chi connectivity index (χ0) is 22.2. The van der Waals surface area contributed by atoms with Crippen molar-refractivity contribution in [3.63, 3.8) is 0 Å². The summed E-state index contributed by atoms with van der Waals surface area (Å²) in [4.78, 5) is 0. The first-order valence-electron chi connectivity index (χ1n) is 9.90. The Hall–Kier alpha value is -3.85. The summed E-state index contributed by atoms with van der Waals surface area (Å²) in [6.07, 6.45) is 2.02. The van der Waals surface area contributed by atoms with E-state index >= 15 is 0 Å². The number of benzene rings is 2. The zero-order valence-electron chi connectivity index (χ0n) is 17.7. The van der Waals surface area contributed by atoms with Gasteiger partial charge in [0.25, 0.3) is 0 Å². The number of aromatic nitrogens is 6. The number of tetrazole rings is 1. The zero-order valence-corrected chi connectivity index (χ0v) is 18.4. The number of nitrogens with one attached hydrogen (secondary N) is 1. The van der Waals surface area contributed by atoms with Crippen LogP contribution < -0.4 is 14.8 Å². The van der Waals surface area contributed by atoms with Crippen LogP contribution in [0.5, 0.6) is 11.5 Å². The standard InChI is InChI=1S/C22H20ClN7O2/c1-13-20(21(23)29(26-13)15-7-5-4-6-8-15)17-12-16(24-22-25-27-28-30(17)22)14-9-10-18(31-2)19(11-14)32-3/h4-12,17H,1-3H3,(H,24,25,28)/t17-/m1/s1. The van der Waals surface area contributed by atoms with E-state index in [-0.39, 0.29) is 6.04 Å². The number of rotatable bonds is 5. The molecule has 4 aromatic rings. The number of hydrogen-bond donors (Lipinski definition) is 1. The highest BCUT2D eigenvalue weighted by molar-refractivity contribution is 6.30. The summed E-state index contributed by atoms with van der Waals surface area (Å²) in [5.74, 6) is 1.78. The van der Waals surface area contributed by atoms with Gasteiger partial charge in [0.05, 0.1) is 25.6 Å². The summed E-state index contributed by atoms with van der Waals surface area (Å²) in [6.45, 7) is 1.93. The number of halogens is 1. The Balaban J connectivity index is 1.63. The fourth-order valence-electron chi connectivity index (χ4n) is 3.82. The van der Waals surface area contributed by atoms with Crippen LogP contribution in [0.25, 0.3) is 11.4 Å². The van der Waals surface area contributed by atoms with E-state index in [9.17, 15) is 0 Å². The Kier molecular flexibility index (Phi) is 5.02. The lowest BCUT2D eigenvalue weighted by atomic mass is 10.0. The molecule has 2 aromatic carbocycles. The molecule has 2 aromatic heterocycles. The fraction of sp³-hybridized carbons (Fsp3) is 0.182. The van der Waals surface area contributed by atoms with Crippen LogP contribution in [-0.2, 0) is 0 Å². The lowest BCUT2D eigenvalue weighted by Crippen LogP contribution is -2.21. The van der Waals surface area contributed by atoms with Crippen LogP contribution in [0, 0.1) is 6.92 Å². The van der Waals surface area contributed by atoms with Crippen molar-refractivity contribution in [3.05, 3.63) is 76.6 Å². The summed E-state index contributed by atoms with van der Waals surface area (Å²) in [6, 6.07) is 15.1. The van der Waals surface area contributed by atoms with Gasteiger partial charge in [0.15, 0.2) is 11.5 Å². The summed E-state index contributed by atoms with van der Waals surface area (Å²) in [5.41, 5.74) is 4.20. The molecule has 0 unspecified atom stereocenters. The molecular formula is C22H20ClN7O2. The van der Waals surface area contributed by atoms with E-state index < -0.39 is 0 Å². The molecule has 0 saturated carbocycles. The van der Waals surface area contributed by atoms with Crippen molar-refractivity contribution < 1.29 is 9.47 Å². The third-order valence-corrected chi connectivity index (χ3v) is 5.73. The molecule has 9 nitrogen and oxygen atoms in total. The first-order chi connectivity index (χ1) is 15.6. The first-order valence-corrected chi connectivity index (χ1v) is 10.3. The molecule has 0 amide bonds. The van der Waals surface area contributed by atoms with Gasteiger partial charge in [0, 0.05) is 16.8 Å². The van der Waals surface area contributed by atoms with E-state index in [1.165, 1.54) is 0 Å². The molecule has 0 spiro atoms. The lowest BCUT2D eigenvalue weighted by molar-refractivity contribution is 0.355. The number of para-hydroxylation sites is 1. The molecule has 3 heterocycles. The molecule has 0 radical (unpaired) electrons. The van der Waals surface area contributed by atoms with Gasteiger partial charge in [-0.25, -0.2) is 4.68 Å². The molecule has 0 fully saturated rings. The minimum Gasteiger partial charge on any atom is -0.493 e. The molecule has 1 N–H and O–H groups in total. The number of ether oxygens (including phenoxy) is 2. The number of aryl methyl sites for hydroxylation is 1. The number of hydrogen-bond acceptors (Lipinski definition) is 7. The van der Waals surface area contributed by atoms with Gasteiger partial charge >= 0.3 is 0 Å². The molecule has 1 aliphatic heterocycles. The van der Waals surface area contributed by atoms with E-state index in [0.29, 0.717) is 22.6 Å². The molecule has 0 aliphatic carbocycles. The second-order valence-corrected chi connectivity index (χ2v) is 7.56. The maximum Gasteiger partial charge on any atom is 0.248 e. The molecule has 0 saturated heterocycles. The number of fused-ring (bicyclic) bond motifs is 1. The van der Waals surface area contributed by atoms with Crippen molar-refractivity contribution in [3.8, 4) is 17.2 Å². The smallest absolute Gasteiger partial charge is 0.248 e. The molecular weight excluding hydrogens is 430 g/mol. The molecule has 0 bridgehead atoms. The third kappa shape index (κ3) is 3.27. The third-order valence-electron chi connectivity index (χ3n) is 5.37. The highest BCUT2D eigenvalue weighted by Gasteiger charge is 2.30. The van der Waals surface area contributed by atoms with Crippen molar-refractivity contribution in [2.45, 2.75) is 13.0 Å². The summed E-state index contributed by atoms with van der Waals surface area (Å²) in [5, 5.41) is 20.6. The van der Waals surface area contributed by atoms with Gasteiger partial charge in [-0.15, -0.1) is 0 Å². The molecule has 5 rings (SSSR count). The van der Waals surface area contributed by atoms with Gasteiger partial charge in [-0.2, -0.15) is 9.78 Å². The van der Waals surface area contributed by atoms with E-state index in [1.54, 1.807) is 23.6 Å². The van der Waals surface area contributed by atoms with Crippen molar-refractivity contribution >= 4 is 23.2 Å². The Morgan fingerprint density at radius 1 is 1.03 bits per heavy atom. The Bertz CT molecular complexity index is 1310. The van der Waals surface area contributed by atoms with Crippen LogP contribution in [0.2, 0.25) is 5.15 Å². The van der Waals surface area contributed by atoms with Crippen LogP contribution in [0.4, 0.5) is 5.95 Å². The second kappa shape index (κ2) is 8.01. The van der Waals surface area contributed by atoms with Crippen LogP contribution in [-0.4, -0.2) is 44.2 Å². The maximum absolute atomic E-state index is 6.84.